The van der Waals surface area contributed by atoms with Gasteiger partial charge in [-0.1, -0.05) is 177 Å². The molecule has 10 heteroatoms. The number of quaternary nitrogens is 1. The maximum Gasteiger partial charge on any atom is 0.306 e. The molecule has 0 saturated heterocycles. The molecule has 0 aromatic heterocycles. The van der Waals surface area contributed by atoms with Crippen LogP contribution in [0.5, 0.6) is 0 Å². The van der Waals surface area contributed by atoms with Crippen molar-refractivity contribution in [1.82, 2.24) is 0 Å². The van der Waals surface area contributed by atoms with E-state index in [4.69, 9.17) is 18.5 Å². The van der Waals surface area contributed by atoms with Gasteiger partial charge in [0.05, 0.1) is 27.7 Å². The third-order valence-electron chi connectivity index (χ3n) is 10.2. The first-order chi connectivity index (χ1) is 30.0. The number of carbonyl (C=O) groups is 2. The quantitative estimate of drug-likeness (QED) is 0.0195. The molecule has 0 bridgehead atoms. The predicted molar refractivity (Wildman–Crippen MR) is 259 cm³/mol. The van der Waals surface area contributed by atoms with E-state index in [1.54, 1.807) is 0 Å². The predicted octanol–water partition coefficient (Wildman–Crippen LogP) is 13.9. The topological polar surface area (TPSA) is 111 Å². The van der Waals surface area contributed by atoms with Crippen molar-refractivity contribution in [2.24, 2.45) is 0 Å². The van der Waals surface area contributed by atoms with Gasteiger partial charge in [0.2, 0.25) is 0 Å². The van der Waals surface area contributed by atoms with E-state index in [0.29, 0.717) is 17.4 Å². The summed E-state index contributed by atoms with van der Waals surface area (Å²) in [7, 11) is 1.15. The van der Waals surface area contributed by atoms with E-state index in [1.807, 2.05) is 21.1 Å². The molecule has 0 N–H and O–H groups in total. The maximum absolute atomic E-state index is 12.7. The number of allylic oxidation sites excluding steroid dienone is 12. The van der Waals surface area contributed by atoms with Gasteiger partial charge in [-0.05, 0) is 77.0 Å². The van der Waals surface area contributed by atoms with Crippen LogP contribution < -0.4 is 4.89 Å². The molecular weight excluding hydrogens is 798 g/mol. The van der Waals surface area contributed by atoms with Gasteiger partial charge in [-0.15, -0.1) is 0 Å². The number of hydrogen-bond donors (Lipinski definition) is 0. The van der Waals surface area contributed by atoms with Gasteiger partial charge in [-0.3, -0.25) is 14.2 Å². The number of likely N-dealkylation sites (N-methyl/N-ethyl adjacent to an activating group) is 1. The zero-order chi connectivity index (χ0) is 45.7. The van der Waals surface area contributed by atoms with E-state index >= 15 is 0 Å². The van der Waals surface area contributed by atoms with Crippen LogP contribution >= 0.6 is 7.82 Å². The summed E-state index contributed by atoms with van der Waals surface area (Å²) in [5, 5.41) is 0. The Kier molecular flexibility index (Phi) is 41.9. The van der Waals surface area contributed by atoms with E-state index in [1.165, 1.54) is 57.8 Å². The van der Waals surface area contributed by atoms with Crippen molar-refractivity contribution in [3.05, 3.63) is 72.9 Å². The van der Waals surface area contributed by atoms with E-state index in [0.717, 1.165) is 103 Å². The van der Waals surface area contributed by atoms with Gasteiger partial charge in [0.15, 0.2) is 6.10 Å². The number of phosphoric ester groups is 1. The van der Waals surface area contributed by atoms with E-state index < -0.39 is 32.5 Å². The molecular formula is C52H92NO8P. The number of carbonyl (C=O) groups excluding carboxylic acids is 2. The van der Waals surface area contributed by atoms with Crippen LogP contribution in [-0.4, -0.2) is 70.0 Å². The Hall–Kier alpha value is -2.55. The standard InChI is InChI=1S/C52H92NO8P/c1-6-8-10-12-14-16-18-19-20-21-22-23-24-25-26-27-28-29-30-31-32-33-35-37-39-41-43-45-52(55)61-50(49-60-62(56,57)59-47-46-53(3,4)5)48-58-51(54)44-42-40-38-36-34-17-15-13-11-9-7-2/h8,10,13-16,19-20,22-23,25-26,50H,6-7,9,11-12,17-18,21,24,27-49H2,1-5H3/b10-8-,15-13-,16-14-,20-19-,23-22-,26-25-. The molecule has 2 atom stereocenters. The fraction of sp³-hybridized carbons (Fsp3) is 0.731. The van der Waals surface area contributed by atoms with Crippen molar-refractivity contribution in [2.75, 3.05) is 47.5 Å². The second-order valence-electron chi connectivity index (χ2n) is 17.4. The summed E-state index contributed by atoms with van der Waals surface area (Å²) in [6.07, 6.45) is 55.1. The molecule has 0 heterocycles. The zero-order valence-corrected chi connectivity index (χ0v) is 41.2. The molecule has 0 amide bonds. The van der Waals surface area contributed by atoms with Crippen LogP contribution in [0, 0.1) is 0 Å². The average Bonchev–Trinajstić information content (AvgIpc) is 3.23. The molecule has 0 fully saturated rings. The fourth-order valence-corrected chi connectivity index (χ4v) is 7.10. The first-order valence-electron chi connectivity index (χ1n) is 24.6. The smallest absolute Gasteiger partial charge is 0.306 e. The number of esters is 2. The summed E-state index contributed by atoms with van der Waals surface area (Å²) < 4.78 is 33.9. The number of ether oxygens (including phenoxy) is 2. The molecule has 358 valence electrons. The van der Waals surface area contributed by atoms with Crippen LogP contribution in [0.4, 0.5) is 0 Å². The second-order valence-corrected chi connectivity index (χ2v) is 18.9. The molecule has 2 unspecified atom stereocenters. The summed E-state index contributed by atoms with van der Waals surface area (Å²) in [5.41, 5.74) is 0. The molecule has 0 aliphatic rings. The number of phosphoric acid groups is 1. The van der Waals surface area contributed by atoms with Gasteiger partial charge < -0.3 is 27.9 Å². The summed E-state index contributed by atoms with van der Waals surface area (Å²) in [6, 6.07) is 0. The van der Waals surface area contributed by atoms with Crippen LogP contribution in [0.1, 0.15) is 194 Å². The number of hydrogen-bond acceptors (Lipinski definition) is 8. The Morgan fingerprint density at radius 3 is 1.39 bits per heavy atom. The van der Waals surface area contributed by atoms with Gasteiger partial charge >= 0.3 is 11.9 Å². The van der Waals surface area contributed by atoms with Gasteiger partial charge in [-0.25, -0.2) is 0 Å². The molecule has 0 aliphatic heterocycles. The van der Waals surface area contributed by atoms with Crippen LogP contribution in [0.15, 0.2) is 72.9 Å². The Labute approximate surface area is 380 Å². The Bertz CT molecular complexity index is 1280. The average molecular weight is 890 g/mol. The second kappa shape index (κ2) is 43.7. The Morgan fingerprint density at radius 2 is 0.919 bits per heavy atom. The van der Waals surface area contributed by atoms with E-state index in [-0.39, 0.29) is 26.1 Å². The number of unbranched alkanes of at least 4 members (excludes halogenated alkanes) is 18. The summed E-state index contributed by atoms with van der Waals surface area (Å²) in [6.45, 7) is 4.05. The van der Waals surface area contributed by atoms with E-state index in [9.17, 15) is 19.0 Å². The molecule has 0 spiro atoms. The minimum absolute atomic E-state index is 0.0354. The lowest BCUT2D eigenvalue weighted by Crippen LogP contribution is -2.37. The maximum atomic E-state index is 12.7. The van der Waals surface area contributed by atoms with Crippen LogP contribution in [0.3, 0.4) is 0 Å². The highest BCUT2D eigenvalue weighted by molar-refractivity contribution is 7.45. The van der Waals surface area contributed by atoms with Crippen LogP contribution in [-0.2, 0) is 32.7 Å². The highest BCUT2D eigenvalue weighted by Crippen LogP contribution is 2.38. The lowest BCUT2D eigenvalue weighted by molar-refractivity contribution is -0.870. The lowest BCUT2D eigenvalue weighted by Gasteiger charge is -2.28. The van der Waals surface area contributed by atoms with Gasteiger partial charge in [0.1, 0.15) is 19.8 Å². The van der Waals surface area contributed by atoms with Crippen molar-refractivity contribution in [2.45, 2.75) is 200 Å². The van der Waals surface area contributed by atoms with Crippen molar-refractivity contribution in [3.63, 3.8) is 0 Å². The van der Waals surface area contributed by atoms with Crippen molar-refractivity contribution in [3.8, 4) is 0 Å². The molecule has 0 aromatic rings. The largest absolute Gasteiger partial charge is 0.756 e. The minimum Gasteiger partial charge on any atom is -0.756 e. The minimum atomic E-state index is -4.63. The highest BCUT2D eigenvalue weighted by atomic mass is 31.2. The third kappa shape index (κ3) is 46.9. The molecule has 0 radical (unpaired) electrons. The molecule has 0 saturated carbocycles. The lowest BCUT2D eigenvalue weighted by atomic mass is 10.0. The SMILES string of the molecule is CC/C=C\C/C=C\C/C=C\C/C=C\C/C=C\CCCCCCCCCCCCCC(=O)OC(COC(=O)CCCCCCC/C=C\CCCC)COP(=O)([O-])OCC[N+](C)(C)C. The molecule has 62 heavy (non-hydrogen) atoms. The monoisotopic (exact) mass is 890 g/mol. The van der Waals surface area contributed by atoms with Gasteiger partial charge in [-0.2, -0.15) is 0 Å². The molecule has 0 rings (SSSR count). The number of rotatable bonds is 44. The fourth-order valence-electron chi connectivity index (χ4n) is 6.37. The first kappa shape index (κ1) is 59.5. The molecule has 9 nitrogen and oxygen atoms in total. The van der Waals surface area contributed by atoms with Gasteiger partial charge in [0.25, 0.3) is 7.82 Å². The number of nitrogens with zero attached hydrogens (tertiary/aromatic N) is 1. The Morgan fingerprint density at radius 1 is 0.516 bits per heavy atom. The zero-order valence-electron chi connectivity index (χ0n) is 40.3. The third-order valence-corrected chi connectivity index (χ3v) is 11.2. The summed E-state index contributed by atoms with van der Waals surface area (Å²) in [5.74, 6) is -0.852. The summed E-state index contributed by atoms with van der Waals surface area (Å²) in [4.78, 5) is 37.6. The van der Waals surface area contributed by atoms with Crippen molar-refractivity contribution in [1.29, 1.82) is 0 Å². The van der Waals surface area contributed by atoms with E-state index in [2.05, 4.69) is 86.8 Å². The highest BCUT2D eigenvalue weighted by Gasteiger charge is 2.21. The normalized spacial score (nSPS) is 14.1. The van der Waals surface area contributed by atoms with Crippen LogP contribution in [0.25, 0.3) is 0 Å². The van der Waals surface area contributed by atoms with Gasteiger partial charge in [0, 0.05) is 12.8 Å². The Balaban J connectivity index is 4.19. The van der Waals surface area contributed by atoms with Crippen molar-refractivity contribution < 1.29 is 42.1 Å². The molecule has 0 aromatic carbocycles. The van der Waals surface area contributed by atoms with Crippen molar-refractivity contribution >= 4 is 19.8 Å². The first-order valence-corrected chi connectivity index (χ1v) is 26.1. The summed E-state index contributed by atoms with van der Waals surface area (Å²) >= 11 is 0. The van der Waals surface area contributed by atoms with Crippen LogP contribution in [0.2, 0.25) is 0 Å². The molecule has 0 aliphatic carbocycles.